The molecule has 1 N–H and O–H groups in total. The molecule has 2 rings (SSSR count). The fourth-order valence-corrected chi connectivity index (χ4v) is 2.05. The summed E-state index contributed by atoms with van der Waals surface area (Å²) in [4.78, 5) is 11.6. The smallest absolute Gasteiger partial charge is 0.238 e. The van der Waals surface area contributed by atoms with Crippen molar-refractivity contribution in [2.75, 3.05) is 13.2 Å². The Morgan fingerprint density at radius 1 is 1.29 bits per heavy atom. The number of ether oxygens (including phenoxy) is 1. The highest BCUT2D eigenvalue weighted by Gasteiger charge is 2.31. The number of carbonyl (C=O) groups is 1. The third-order valence-corrected chi connectivity index (χ3v) is 3.41. The van der Waals surface area contributed by atoms with Crippen molar-refractivity contribution in [1.29, 1.82) is 0 Å². The summed E-state index contributed by atoms with van der Waals surface area (Å²) in [6, 6.07) is 0.406. The van der Waals surface area contributed by atoms with Crippen LogP contribution in [0.4, 0.5) is 0 Å². The van der Waals surface area contributed by atoms with Crippen LogP contribution in [0.25, 0.3) is 0 Å². The van der Waals surface area contributed by atoms with Gasteiger partial charge in [-0.15, -0.1) is 11.6 Å². The van der Waals surface area contributed by atoms with Crippen LogP contribution in [-0.4, -0.2) is 30.5 Å². The molecule has 2 aliphatic rings. The Balaban J connectivity index is 1.78. The van der Waals surface area contributed by atoms with E-state index in [1.54, 1.807) is 0 Å². The van der Waals surface area contributed by atoms with E-state index in [2.05, 4.69) is 5.32 Å². The molecule has 0 aromatic carbocycles. The normalized spacial score (nSPS) is 25.8. The molecule has 4 heteroatoms. The number of alkyl halides is 1. The van der Waals surface area contributed by atoms with Crippen molar-refractivity contribution in [2.45, 2.75) is 37.1 Å². The van der Waals surface area contributed by atoms with Crippen LogP contribution in [0, 0.1) is 5.92 Å². The molecule has 80 valence electrons. The van der Waals surface area contributed by atoms with Crippen LogP contribution in [0.3, 0.4) is 0 Å². The molecule has 1 saturated heterocycles. The number of carbonyl (C=O) groups excluding carboxylic acids is 1. The van der Waals surface area contributed by atoms with Crippen LogP contribution in [0.2, 0.25) is 0 Å². The molecular formula is C10H16ClNO2. The highest BCUT2D eigenvalue weighted by molar-refractivity contribution is 6.31. The quantitative estimate of drug-likeness (QED) is 0.724. The Labute approximate surface area is 89.1 Å². The molecule has 1 amide bonds. The van der Waals surface area contributed by atoms with Crippen LogP contribution in [0.1, 0.15) is 25.7 Å². The van der Waals surface area contributed by atoms with Crippen LogP contribution < -0.4 is 5.32 Å². The summed E-state index contributed by atoms with van der Waals surface area (Å²) >= 11 is 6.11. The van der Waals surface area contributed by atoms with Gasteiger partial charge in [0.15, 0.2) is 0 Å². The molecular weight excluding hydrogens is 202 g/mol. The second kappa shape index (κ2) is 4.49. The molecule has 3 nitrogen and oxygen atoms in total. The number of hydrogen-bond donors (Lipinski definition) is 1. The lowest BCUT2D eigenvalue weighted by atomic mass is 9.95. The summed E-state index contributed by atoms with van der Waals surface area (Å²) in [6.45, 7) is 1.48. The first-order valence-corrected chi connectivity index (χ1v) is 5.73. The first-order chi connectivity index (χ1) is 6.77. The lowest BCUT2D eigenvalue weighted by Gasteiger charge is -2.25. The zero-order valence-corrected chi connectivity index (χ0v) is 8.93. The summed E-state index contributed by atoms with van der Waals surface area (Å²) in [6.07, 6.45) is 4.05. The van der Waals surface area contributed by atoms with Gasteiger partial charge < -0.3 is 10.1 Å². The van der Waals surface area contributed by atoms with E-state index < -0.39 is 0 Å². The summed E-state index contributed by atoms with van der Waals surface area (Å²) in [5.74, 6) is 0.310. The molecule has 0 spiro atoms. The summed E-state index contributed by atoms with van der Waals surface area (Å²) in [5, 5.41) is 2.58. The lowest BCUT2D eigenvalue weighted by Crippen LogP contribution is -2.39. The molecule has 1 aliphatic heterocycles. The van der Waals surface area contributed by atoms with Gasteiger partial charge in [-0.3, -0.25) is 4.79 Å². The Morgan fingerprint density at radius 3 is 2.50 bits per heavy atom. The van der Waals surface area contributed by atoms with Gasteiger partial charge in [-0.1, -0.05) is 0 Å². The maximum Gasteiger partial charge on any atom is 0.238 e. The van der Waals surface area contributed by atoms with Crippen molar-refractivity contribution >= 4 is 17.5 Å². The van der Waals surface area contributed by atoms with E-state index in [0.717, 1.165) is 38.9 Å². The van der Waals surface area contributed by atoms with Gasteiger partial charge in [0.2, 0.25) is 5.91 Å². The molecule has 0 aromatic heterocycles. The summed E-state index contributed by atoms with van der Waals surface area (Å²) < 4.78 is 5.23. The predicted molar refractivity (Wildman–Crippen MR) is 54.3 cm³/mol. The molecule has 1 unspecified atom stereocenters. The van der Waals surface area contributed by atoms with Crippen molar-refractivity contribution in [3.8, 4) is 0 Å². The lowest BCUT2D eigenvalue weighted by molar-refractivity contribution is -0.122. The number of amides is 1. The minimum atomic E-state index is -0.362. The molecule has 14 heavy (non-hydrogen) atoms. The van der Waals surface area contributed by atoms with Crippen molar-refractivity contribution in [1.82, 2.24) is 5.32 Å². The minimum Gasteiger partial charge on any atom is -0.381 e. The van der Waals surface area contributed by atoms with Gasteiger partial charge >= 0.3 is 0 Å². The molecule has 2 fully saturated rings. The first kappa shape index (κ1) is 10.2. The Hall–Kier alpha value is -0.280. The van der Waals surface area contributed by atoms with Crippen molar-refractivity contribution in [3.63, 3.8) is 0 Å². The molecule has 1 atom stereocenters. The highest BCUT2D eigenvalue weighted by Crippen LogP contribution is 2.25. The topological polar surface area (TPSA) is 38.3 Å². The average Bonchev–Trinajstić information content (AvgIpc) is 3.02. The van der Waals surface area contributed by atoms with Gasteiger partial charge in [0.1, 0.15) is 5.38 Å². The van der Waals surface area contributed by atoms with E-state index >= 15 is 0 Å². The fraction of sp³-hybridized carbons (Fsp3) is 0.900. The monoisotopic (exact) mass is 217 g/mol. The van der Waals surface area contributed by atoms with E-state index in [4.69, 9.17) is 16.3 Å². The SMILES string of the molecule is O=C(NC1CC1)C(Cl)C1CCOCC1. The third kappa shape index (κ3) is 2.61. The molecule has 1 saturated carbocycles. The zero-order valence-electron chi connectivity index (χ0n) is 8.17. The van der Waals surface area contributed by atoms with E-state index in [9.17, 15) is 4.79 Å². The van der Waals surface area contributed by atoms with Gasteiger partial charge in [0.25, 0.3) is 0 Å². The van der Waals surface area contributed by atoms with Gasteiger partial charge in [-0.2, -0.15) is 0 Å². The maximum absolute atomic E-state index is 11.6. The second-order valence-corrected chi connectivity index (χ2v) is 4.60. The van der Waals surface area contributed by atoms with E-state index in [0.29, 0.717) is 12.0 Å². The number of nitrogens with one attached hydrogen (secondary N) is 1. The van der Waals surface area contributed by atoms with E-state index in [1.807, 2.05) is 0 Å². The molecule has 1 aliphatic carbocycles. The maximum atomic E-state index is 11.6. The number of hydrogen-bond acceptors (Lipinski definition) is 2. The van der Waals surface area contributed by atoms with E-state index in [-0.39, 0.29) is 11.3 Å². The standard InChI is InChI=1S/C10H16ClNO2/c11-9(7-3-5-14-6-4-7)10(13)12-8-1-2-8/h7-9H,1-6H2,(H,12,13). The third-order valence-electron chi connectivity index (χ3n) is 2.85. The first-order valence-electron chi connectivity index (χ1n) is 5.29. The second-order valence-electron chi connectivity index (χ2n) is 4.13. The minimum absolute atomic E-state index is 0.0149. The Kier molecular flexibility index (Phi) is 3.29. The van der Waals surface area contributed by atoms with Crippen molar-refractivity contribution in [2.24, 2.45) is 5.92 Å². The summed E-state index contributed by atoms with van der Waals surface area (Å²) in [7, 11) is 0. The summed E-state index contributed by atoms with van der Waals surface area (Å²) in [5.41, 5.74) is 0. The van der Waals surface area contributed by atoms with Gasteiger partial charge in [-0.25, -0.2) is 0 Å². The van der Waals surface area contributed by atoms with Crippen LogP contribution in [0.15, 0.2) is 0 Å². The fourth-order valence-electron chi connectivity index (χ4n) is 1.73. The number of rotatable bonds is 3. The van der Waals surface area contributed by atoms with Crippen molar-refractivity contribution < 1.29 is 9.53 Å². The van der Waals surface area contributed by atoms with Gasteiger partial charge in [-0.05, 0) is 31.6 Å². The molecule has 1 heterocycles. The van der Waals surface area contributed by atoms with Crippen LogP contribution in [0.5, 0.6) is 0 Å². The van der Waals surface area contributed by atoms with Crippen LogP contribution >= 0.6 is 11.6 Å². The Morgan fingerprint density at radius 2 is 1.93 bits per heavy atom. The van der Waals surface area contributed by atoms with Crippen LogP contribution in [-0.2, 0) is 9.53 Å². The molecule has 0 aromatic rings. The zero-order chi connectivity index (χ0) is 9.97. The largest absolute Gasteiger partial charge is 0.381 e. The Bertz CT molecular complexity index is 212. The predicted octanol–water partition coefficient (Wildman–Crippen LogP) is 1.30. The van der Waals surface area contributed by atoms with Crippen molar-refractivity contribution in [3.05, 3.63) is 0 Å². The van der Waals surface area contributed by atoms with E-state index in [1.165, 1.54) is 0 Å². The number of halogens is 1. The molecule has 0 bridgehead atoms. The average molecular weight is 218 g/mol. The van der Waals surface area contributed by atoms with Gasteiger partial charge in [0.05, 0.1) is 0 Å². The van der Waals surface area contributed by atoms with Gasteiger partial charge in [0, 0.05) is 19.3 Å². The highest BCUT2D eigenvalue weighted by atomic mass is 35.5. The molecule has 0 radical (unpaired) electrons.